The van der Waals surface area contributed by atoms with E-state index in [-0.39, 0.29) is 0 Å². The third-order valence-corrected chi connectivity index (χ3v) is 5.61. The lowest BCUT2D eigenvalue weighted by Crippen LogP contribution is -2.04. The second kappa shape index (κ2) is 7.76. The van der Waals surface area contributed by atoms with Crippen LogP contribution in [-0.2, 0) is 6.54 Å². The van der Waals surface area contributed by atoms with Crippen LogP contribution >= 0.6 is 0 Å². The summed E-state index contributed by atoms with van der Waals surface area (Å²) in [5.41, 5.74) is 7.34. The Kier molecular flexibility index (Phi) is 4.79. The molecule has 0 bridgehead atoms. The zero-order valence-electron chi connectivity index (χ0n) is 17.8. The smallest absolute Gasteiger partial charge is 0.119 e. The topological polar surface area (TPSA) is 49.2 Å². The van der Waals surface area contributed by atoms with Crippen molar-refractivity contribution < 1.29 is 9.47 Å². The number of hydrogen-bond donors (Lipinski definition) is 0. The van der Waals surface area contributed by atoms with Crippen LogP contribution in [-0.4, -0.2) is 29.0 Å². The Bertz CT molecular complexity index is 1340. The molecule has 0 N–H and O–H groups in total. The van der Waals surface area contributed by atoms with Gasteiger partial charge in [0.05, 0.1) is 19.7 Å². The molecule has 154 valence electrons. The van der Waals surface area contributed by atoms with Gasteiger partial charge in [0.15, 0.2) is 0 Å². The summed E-state index contributed by atoms with van der Waals surface area (Å²) in [7, 11) is 3.36. The summed E-state index contributed by atoms with van der Waals surface area (Å²) in [6, 6.07) is 22.6. The van der Waals surface area contributed by atoms with E-state index in [1.54, 1.807) is 14.2 Å². The zero-order valence-corrected chi connectivity index (χ0v) is 17.8. The Morgan fingerprint density at radius 1 is 0.806 bits per heavy atom. The Hall–Kier alpha value is -3.86. The molecular formula is C26H23N3O2. The van der Waals surface area contributed by atoms with Gasteiger partial charge in [-0.25, -0.2) is 0 Å². The van der Waals surface area contributed by atoms with Crippen molar-refractivity contribution in [2.75, 3.05) is 14.2 Å². The van der Waals surface area contributed by atoms with Crippen LogP contribution in [0.5, 0.6) is 11.5 Å². The number of nitrogens with zero attached hydrogens (tertiary/aromatic N) is 3. The molecule has 2 heterocycles. The predicted molar refractivity (Wildman–Crippen MR) is 123 cm³/mol. The van der Waals surface area contributed by atoms with Gasteiger partial charge in [0.2, 0.25) is 0 Å². The van der Waals surface area contributed by atoms with Crippen molar-refractivity contribution >= 4 is 10.9 Å². The molecule has 0 fully saturated rings. The Morgan fingerprint density at radius 2 is 1.58 bits per heavy atom. The lowest BCUT2D eigenvalue weighted by molar-refractivity contribution is 0.414. The standard InChI is InChI=1S/C26H23N3O2/c1-17-7-12-24-22(13-17)26-23(16-29(24)15-18-5-4-6-21(14-18)31-3)25(27-28-26)19-8-10-20(30-2)11-9-19/h4-14,16H,15H2,1-3H3. The molecule has 31 heavy (non-hydrogen) atoms. The average molecular weight is 409 g/mol. The van der Waals surface area contributed by atoms with Crippen LogP contribution < -0.4 is 9.47 Å². The van der Waals surface area contributed by atoms with E-state index in [1.165, 1.54) is 11.1 Å². The van der Waals surface area contributed by atoms with Crippen molar-refractivity contribution in [2.45, 2.75) is 13.5 Å². The fraction of sp³-hybridized carbons (Fsp3) is 0.154. The van der Waals surface area contributed by atoms with E-state index in [0.717, 1.165) is 51.5 Å². The predicted octanol–water partition coefficient (Wildman–Crippen LogP) is 5.58. The van der Waals surface area contributed by atoms with Crippen molar-refractivity contribution in [3.05, 3.63) is 84.1 Å². The molecule has 5 nitrogen and oxygen atoms in total. The Labute approximate surface area is 181 Å². The molecule has 5 rings (SSSR count). The zero-order chi connectivity index (χ0) is 21.4. The molecule has 3 aromatic carbocycles. The highest BCUT2D eigenvalue weighted by molar-refractivity contribution is 5.98. The largest absolute Gasteiger partial charge is 0.497 e. The monoisotopic (exact) mass is 409 g/mol. The number of benzene rings is 3. The number of aromatic nitrogens is 3. The van der Waals surface area contributed by atoms with Crippen LogP contribution in [0.2, 0.25) is 0 Å². The van der Waals surface area contributed by atoms with E-state index in [1.807, 2.05) is 36.4 Å². The average Bonchev–Trinajstić information content (AvgIpc) is 3.23. The van der Waals surface area contributed by atoms with Gasteiger partial charge in [-0.3, -0.25) is 0 Å². The number of rotatable bonds is 5. The summed E-state index contributed by atoms with van der Waals surface area (Å²) in [4.78, 5) is 0. The van der Waals surface area contributed by atoms with Crippen molar-refractivity contribution in [1.29, 1.82) is 0 Å². The van der Waals surface area contributed by atoms with E-state index in [2.05, 4.69) is 58.2 Å². The van der Waals surface area contributed by atoms with Gasteiger partial charge in [0, 0.05) is 29.3 Å². The number of hydrogen-bond acceptors (Lipinski definition) is 4. The van der Waals surface area contributed by atoms with E-state index >= 15 is 0 Å². The first-order valence-corrected chi connectivity index (χ1v) is 10.2. The highest BCUT2D eigenvalue weighted by atomic mass is 16.5. The van der Waals surface area contributed by atoms with Gasteiger partial charge in [-0.05, 0) is 61.0 Å². The van der Waals surface area contributed by atoms with Crippen molar-refractivity contribution in [2.24, 2.45) is 0 Å². The van der Waals surface area contributed by atoms with Gasteiger partial charge >= 0.3 is 0 Å². The van der Waals surface area contributed by atoms with E-state index < -0.39 is 0 Å². The third kappa shape index (κ3) is 3.48. The molecule has 2 aliphatic rings. The van der Waals surface area contributed by atoms with Crippen molar-refractivity contribution in [3.8, 4) is 34.0 Å². The van der Waals surface area contributed by atoms with E-state index in [4.69, 9.17) is 9.47 Å². The fourth-order valence-corrected chi connectivity index (χ4v) is 4.02. The molecule has 0 unspecified atom stereocenters. The van der Waals surface area contributed by atoms with E-state index in [9.17, 15) is 0 Å². The molecule has 0 spiro atoms. The lowest BCUT2D eigenvalue weighted by Gasteiger charge is -2.16. The number of pyridine rings is 1. The first-order chi connectivity index (χ1) is 15.2. The minimum Gasteiger partial charge on any atom is -0.497 e. The van der Waals surface area contributed by atoms with Gasteiger partial charge in [0.1, 0.15) is 22.9 Å². The highest BCUT2D eigenvalue weighted by Crippen LogP contribution is 2.37. The summed E-state index contributed by atoms with van der Waals surface area (Å²) < 4.78 is 13.0. The van der Waals surface area contributed by atoms with Crippen LogP contribution in [0.1, 0.15) is 11.1 Å². The normalized spacial score (nSPS) is 11.2. The number of methoxy groups -OCH3 is 2. The maximum atomic E-state index is 5.41. The third-order valence-electron chi connectivity index (χ3n) is 5.61. The van der Waals surface area contributed by atoms with Gasteiger partial charge in [-0.1, -0.05) is 23.8 Å². The highest BCUT2D eigenvalue weighted by Gasteiger charge is 2.20. The molecule has 0 aromatic heterocycles. The summed E-state index contributed by atoms with van der Waals surface area (Å²) in [5.74, 6) is 1.68. The molecule has 3 aromatic rings. The minimum absolute atomic E-state index is 0.722. The summed E-state index contributed by atoms with van der Waals surface area (Å²) in [6.07, 6.45) is 2.16. The number of ether oxygens (including phenoxy) is 2. The number of fused-ring (bicyclic) bond motifs is 3. The lowest BCUT2D eigenvalue weighted by atomic mass is 10.0. The first-order valence-electron chi connectivity index (χ1n) is 10.2. The van der Waals surface area contributed by atoms with Gasteiger partial charge in [-0.2, -0.15) is 0 Å². The number of aryl methyl sites for hydroxylation is 1. The molecule has 2 aliphatic heterocycles. The summed E-state index contributed by atoms with van der Waals surface area (Å²) in [6.45, 7) is 2.82. The quantitative estimate of drug-likeness (QED) is 0.380. The molecule has 0 aliphatic carbocycles. The molecule has 0 saturated heterocycles. The van der Waals surface area contributed by atoms with Gasteiger partial charge in [0.25, 0.3) is 0 Å². The molecule has 0 amide bonds. The van der Waals surface area contributed by atoms with Crippen LogP contribution in [0.15, 0.2) is 72.9 Å². The van der Waals surface area contributed by atoms with Crippen LogP contribution in [0.3, 0.4) is 0 Å². The maximum absolute atomic E-state index is 5.41. The summed E-state index contributed by atoms with van der Waals surface area (Å²) >= 11 is 0. The maximum Gasteiger partial charge on any atom is 0.119 e. The first kappa shape index (κ1) is 19.1. The second-order valence-electron chi connectivity index (χ2n) is 7.67. The van der Waals surface area contributed by atoms with Gasteiger partial charge < -0.3 is 14.0 Å². The van der Waals surface area contributed by atoms with E-state index in [0.29, 0.717) is 0 Å². The summed E-state index contributed by atoms with van der Waals surface area (Å²) in [5, 5.41) is 10.2. The fourth-order valence-electron chi connectivity index (χ4n) is 4.02. The molecule has 0 atom stereocenters. The van der Waals surface area contributed by atoms with Crippen molar-refractivity contribution in [3.63, 3.8) is 0 Å². The second-order valence-corrected chi connectivity index (χ2v) is 7.67. The van der Waals surface area contributed by atoms with Crippen LogP contribution in [0.4, 0.5) is 0 Å². The Balaban J connectivity index is 1.69. The van der Waals surface area contributed by atoms with Gasteiger partial charge in [-0.15, -0.1) is 10.2 Å². The molecule has 0 saturated carbocycles. The molecule has 5 heteroatoms. The van der Waals surface area contributed by atoms with Crippen LogP contribution in [0, 0.1) is 6.92 Å². The molecule has 0 radical (unpaired) electrons. The van der Waals surface area contributed by atoms with Crippen LogP contribution in [0.25, 0.3) is 33.4 Å². The minimum atomic E-state index is 0.722. The van der Waals surface area contributed by atoms with Crippen molar-refractivity contribution in [1.82, 2.24) is 14.8 Å². The SMILES string of the molecule is COc1ccc(-c2nnc3c4cc(C)ccc4n(Cc4cccc(OC)c4)cc2-3)cc1. The Morgan fingerprint density at radius 3 is 2.35 bits per heavy atom. The molecular weight excluding hydrogens is 386 g/mol.